The highest BCUT2D eigenvalue weighted by molar-refractivity contribution is 9.10. The first kappa shape index (κ1) is 17.9. The second kappa shape index (κ2) is 7.97. The highest BCUT2D eigenvalue weighted by atomic mass is 79.9. The molecule has 1 aliphatic heterocycles. The van der Waals surface area contributed by atoms with Crippen LogP contribution in [0.5, 0.6) is 0 Å². The first-order chi connectivity index (χ1) is 12.0. The predicted octanol–water partition coefficient (Wildman–Crippen LogP) is 3.27. The van der Waals surface area contributed by atoms with Gasteiger partial charge in [0, 0.05) is 42.9 Å². The van der Waals surface area contributed by atoms with Gasteiger partial charge < -0.3 is 15.1 Å². The van der Waals surface area contributed by atoms with Crippen LogP contribution in [-0.4, -0.2) is 44.0 Å². The number of likely N-dealkylation sites (N-methyl/N-ethyl adjacent to an activating group) is 1. The fraction of sp³-hybridized carbons (Fsp3) is 0.316. The van der Waals surface area contributed by atoms with E-state index in [9.17, 15) is 9.18 Å². The number of para-hydroxylation sites is 1. The molecule has 132 valence electrons. The number of rotatable bonds is 4. The largest absolute Gasteiger partial charge is 0.369 e. The van der Waals surface area contributed by atoms with Crippen molar-refractivity contribution in [3.05, 3.63) is 63.9 Å². The van der Waals surface area contributed by atoms with E-state index in [0.717, 1.165) is 37.4 Å². The van der Waals surface area contributed by atoms with Crippen LogP contribution in [0.2, 0.25) is 0 Å². The third-order valence-corrected chi connectivity index (χ3v) is 5.14. The highest BCUT2D eigenvalue weighted by Crippen LogP contribution is 2.22. The molecule has 3 rings (SSSR count). The lowest BCUT2D eigenvalue weighted by atomic mass is 10.1. The molecule has 0 spiro atoms. The van der Waals surface area contributed by atoms with Gasteiger partial charge in [-0.25, -0.2) is 4.39 Å². The molecule has 6 heteroatoms. The van der Waals surface area contributed by atoms with Crippen LogP contribution in [0.25, 0.3) is 0 Å². The molecule has 0 bridgehead atoms. The maximum atomic E-state index is 13.4. The van der Waals surface area contributed by atoms with E-state index < -0.39 is 5.82 Å². The van der Waals surface area contributed by atoms with Crippen molar-refractivity contribution in [1.29, 1.82) is 0 Å². The van der Waals surface area contributed by atoms with Gasteiger partial charge in [0.2, 0.25) is 0 Å². The van der Waals surface area contributed by atoms with Gasteiger partial charge in [-0.1, -0.05) is 18.2 Å². The number of nitrogens with one attached hydrogen (secondary N) is 1. The number of carbonyl (C=O) groups excluding carboxylic acids is 1. The standard InChI is InChI=1S/C19H21BrFN3O/c1-23-8-10-24(11-9-23)18-5-3-2-4-14(18)13-22-19(25)16-12-15(21)6-7-17(16)20/h2-7,12H,8-11,13H2,1H3,(H,22,25). The van der Waals surface area contributed by atoms with Crippen LogP contribution >= 0.6 is 15.9 Å². The lowest BCUT2D eigenvalue weighted by molar-refractivity contribution is 0.0949. The Labute approximate surface area is 155 Å². The van der Waals surface area contributed by atoms with Gasteiger partial charge in [0.1, 0.15) is 5.82 Å². The van der Waals surface area contributed by atoms with Crippen molar-refractivity contribution in [3.8, 4) is 0 Å². The Morgan fingerprint density at radius 1 is 1.16 bits per heavy atom. The maximum Gasteiger partial charge on any atom is 0.252 e. The minimum absolute atomic E-state index is 0.292. The number of hydrogen-bond acceptors (Lipinski definition) is 3. The molecule has 1 heterocycles. The molecule has 0 unspecified atom stereocenters. The molecule has 1 fully saturated rings. The Hall–Kier alpha value is -1.92. The van der Waals surface area contributed by atoms with Crippen molar-refractivity contribution < 1.29 is 9.18 Å². The maximum absolute atomic E-state index is 13.4. The lowest BCUT2D eigenvalue weighted by Crippen LogP contribution is -2.45. The van der Waals surface area contributed by atoms with Gasteiger partial charge in [-0.3, -0.25) is 4.79 Å². The monoisotopic (exact) mass is 405 g/mol. The van der Waals surface area contributed by atoms with Crippen LogP contribution in [0.3, 0.4) is 0 Å². The van der Waals surface area contributed by atoms with Gasteiger partial charge in [0.25, 0.3) is 5.91 Å². The Morgan fingerprint density at radius 3 is 2.64 bits per heavy atom. The van der Waals surface area contributed by atoms with Gasteiger partial charge in [-0.05, 0) is 52.8 Å². The molecule has 0 saturated carbocycles. The lowest BCUT2D eigenvalue weighted by Gasteiger charge is -2.35. The van der Waals surface area contributed by atoms with Crippen molar-refractivity contribution in [2.24, 2.45) is 0 Å². The summed E-state index contributed by atoms with van der Waals surface area (Å²) >= 11 is 3.30. The SMILES string of the molecule is CN1CCN(c2ccccc2CNC(=O)c2cc(F)ccc2Br)CC1. The van der Waals surface area contributed by atoms with Crippen molar-refractivity contribution in [2.45, 2.75) is 6.54 Å². The summed E-state index contributed by atoms with van der Waals surface area (Å²) in [5.41, 5.74) is 2.51. The molecule has 2 aromatic carbocycles. The fourth-order valence-corrected chi connectivity index (χ4v) is 3.39. The number of hydrogen-bond donors (Lipinski definition) is 1. The van der Waals surface area contributed by atoms with Crippen molar-refractivity contribution in [2.75, 3.05) is 38.1 Å². The third kappa shape index (κ3) is 4.38. The molecule has 2 aromatic rings. The minimum atomic E-state index is -0.425. The molecule has 4 nitrogen and oxygen atoms in total. The normalized spacial score (nSPS) is 15.2. The van der Waals surface area contributed by atoms with Crippen LogP contribution in [0.4, 0.5) is 10.1 Å². The molecular formula is C19H21BrFN3O. The topological polar surface area (TPSA) is 35.6 Å². The zero-order valence-electron chi connectivity index (χ0n) is 14.1. The van der Waals surface area contributed by atoms with Crippen LogP contribution in [-0.2, 0) is 6.54 Å². The Balaban J connectivity index is 1.71. The predicted molar refractivity (Wildman–Crippen MR) is 101 cm³/mol. The Kier molecular flexibility index (Phi) is 5.71. The zero-order chi connectivity index (χ0) is 17.8. The minimum Gasteiger partial charge on any atom is -0.369 e. The van der Waals surface area contributed by atoms with Crippen LogP contribution < -0.4 is 10.2 Å². The van der Waals surface area contributed by atoms with E-state index in [1.54, 1.807) is 6.07 Å². The van der Waals surface area contributed by atoms with Crippen molar-refractivity contribution in [1.82, 2.24) is 10.2 Å². The van der Waals surface area contributed by atoms with Gasteiger partial charge in [0.15, 0.2) is 0 Å². The van der Waals surface area contributed by atoms with E-state index in [2.05, 4.69) is 44.2 Å². The molecule has 0 aliphatic carbocycles. The molecule has 0 aromatic heterocycles. The zero-order valence-corrected chi connectivity index (χ0v) is 15.7. The van der Waals surface area contributed by atoms with E-state index in [1.807, 2.05) is 18.2 Å². The Morgan fingerprint density at radius 2 is 1.88 bits per heavy atom. The number of halogens is 2. The number of anilines is 1. The fourth-order valence-electron chi connectivity index (χ4n) is 2.96. The van der Waals surface area contributed by atoms with E-state index in [0.29, 0.717) is 16.6 Å². The number of carbonyl (C=O) groups is 1. The summed E-state index contributed by atoms with van der Waals surface area (Å²) in [6.07, 6.45) is 0. The molecule has 1 saturated heterocycles. The van der Waals surface area contributed by atoms with Crippen LogP contribution in [0.1, 0.15) is 15.9 Å². The number of benzene rings is 2. The molecular weight excluding hydrogens is 385 g/mol. The summed E-state index contributed by atoms with van der Waals surface area (Å²) in [7, 11) is 2.13. The summed E-state index contributed by atoms with van der Waals surface area (Å²) in [4.78, 5) is 17.0. The van der Waals surface area contributed by atoms with Crippen molar-refractivity contribution in [3.63, 3.8) is 0 Å². The van der Waals surface area contributed by atoms with E-state index in [4.69, 9.17) is 0 Å². The number of nitrogens with zero attached hydrogens (tertiary/aromatic N) is 2. The van der Waals surface area contributed by atoms with Gasteiger partial charge >= 0.3 is 0 Å². The molecule has 1 amide bonds. The molecule has 0 radical (unpaired) electrons. The van der Waals surface area contributed by atoms with Crippen LogP contribution in [0, 0.1) is 5.82 Å². The summed E-state index contributed by atoms with van der Waals surface area (Å²) in [5.74, 6) is -0.717. The summed E-state index contributed by atoms with van der Waals surface area (Å²) in [5, 5.41) is 2.90. The summed E-state index contributed by atoms with van der Waals surface area (Å²) in [6.45, 7) is 4.39. The van der Waals surface area contributed by atoms with Gasteiger partial charge in [-0.2, -0.15) is 0 Å². The highest BCUT2D eigenvalue weighted by Gasteiger charge is 2.17. The number of piperazine rings is 1. The molecule has 1 aliphatic rings. The van der Waals surface area contributed by atoms with Gasteiger partial charge in [0.05, 0.1) is 5.56 Å². The summed E-state index contributed by atoms with van der Waals surface area (Å²) in [6, 6.07) is 12.2. The third-order valence-electron chi connectivity index (χ3n) is 4.45. The van der Waals surface area contributed by atoms with Crippen LogP contribution in [0.15, 0.2) is 46.9 Å². The quantitative estimate of drug-likeness (QED) is 0.847. The van der Waals surface area contributed by atoms with Crippen molar-refractivity contribution >= 4 is 27.5 Å². The Bertz CT molecular complexity index is 760. The molecule has 0 atom stereocenters. The second-order valence-electron chi connectivity index (χ2n) is 6.23. The molecule has 25 heavy (non-hydrogen) atoms. The first-order valence-electron chi connectivity index (χ1n) is 8.29. The number of amides is 1. The molecule has 1 N–H and O–H groups in total. The smallest absolute Gasteiger partial charge is 0.252 e. The van der Waals surface area contributed by atoms with Gasteiger partial charge in [-0.15, -0.1) is 0 Å². The van der Waals surface area contributed by atoms with E-state index >= 15 is 0 Å². The average Bonchev–Trinajstić information content (AvgIpc) is 2.63. The first-order valence-corrected chi connectivity index (χ1v) is 9.08. The summed E-state index contributed by atoms with van der Waals surface area (Å²) < 4.78 is 14.0. The average molecular weight is 406 g/mol. The second-order valence-corrected chi connectivity index (χ2v) is 7.08. The van der Waals surface area contributed by atoms with E-state index in [1.165, 1.54) is 12.1 Å². The van der Waals surface area contributed by atoms with E-state index in [-0.39, 0.29) is 5.91 Å².